The van der Waals surface area contributed by atoms with Gasteiger partial charge in [0.05, 0.1) is 18.8 Å². The molecule has 0 spiro atoms. The Morgan fingerprint density at radius 3 is 2.81 bits per heavy atom. The highest BCUT2D eigenvalue weighted by atomic mass is 16.5. The molecule has 0 saturated carbocycles. The minimum absolute atomic E-state index is 0.454. The lowest BCUT2D eigenvalue weighted by atomic mass is 10.2. The van der Waals surface area contributed by atoms with E-state index in [0.717, 1.165) is 42.7 Å². The highest BCUT2D eigenvalue weighted by Crippen LogP contribution is 2.15. The first-order valence-electron chi connectivity index (χ1n) is 9.03. The highest BCUT2D eigenvalue weighted by Gasteiger charge is 2.01. The second-order valence-electron chi connectivity index (χ2n) is 5.58. The monoisotopic (exact) mass is 356 g/mol. The Bertz CT molecular complexity index is 662. The summed E-state index contributed by atoms with van der Waals surface area (Å²) < 4.78 is 11.2. The van der Waals surface area contributed by atoms with Crippen molar-refractivity contribution in [1.82, 2.24) is 15.6 Å². The number of nitrogens with one attached hydrogen (secondary N) is 2. The van der Waals surface area contributed by atoms with Crippen molar-refractivity contribution in [1.29, 1.82) is 0 Å². The predicted octanol–water partition coefficient (Wildman–Crippen LogP) is 2.75. The summed E-state index contributed by atoms with van der Waals surface area (Å²) in [5.74, 6) is 1.60. The zero-order chi connectivity index (χ0) is 18.5. The normalized spacial score (nSPS) is 11.2. The molecule has 0 aliphatic carbocycles. The number of nitrogens with zero attached hydrogens (tertiary/aromatic N) is 2. The summed E-state index contributed by atoms with van der Waals surface area (Å²) in [5, 5.41) is 6.50. The van der Waals surface area contributed by atoms with Crippen LogP contribution in [0.5, 0.6) is 5.75 Å². The molecule has 0 radical (unpaired) electrons. The summed E-state index contributed by atoms with van der Waals surface area (Å²) in [4.78, 5) is 8.88. The van der Waals surface area contributed by atoms with Crippen molar-refractivity contribution in [2.75, 3.05) is 26.3 Å². The van der Waals surface area contributed by atoms with Crippen molar-refractivity contribution >= 4 is 5.96 Å². The second-order valence-corrected chi connectivity index (χ2v) is 5.58. The zero-order valence-electron chi connectivity index (χ0n) is 15.6. The maximum absolute atomic E-state index is 5.82. The fraction of sp³-hybridized carbons (Fsp3) is 0.400. The third kappa shape index (κ3) is 7.53. The molecule has 0 amide bonds. The predicted molar refractivity (Wildman–Crippen MR) is 104 cm³/mol. The van der Waals surface area contributed by atoms with Crippen LogP contribution in [0.25, 0.3) is 0 Å². The van der Waals surface area contributed by atoms with Crippen LogP contribution < -0.4 is 15.4 Å². The molecule has 0 aliphatic rings. The van der Waals surface area contributed by atoms with Crippen LogP contribution in [0.4, 0.5) is 0 Å². The Kier molecular flexibility index (Phi) is 9.00. The third-order valence-electron chi connectivity index (χ3n) is 3.52. The van der Waals surface area contributed by atoms with Gasteiger partial charge in [0, 0.05) is 25.9 Å². The Labute approximate surface area is 155 Å². The van der Waals surface area contributed by atoms with E-state index in [2.05, 4.69) is 20.6 Å². The van der Waals surface area contributed by atoms with Crippen LogP contribution >= 0.6 is 0 Å². The molecule has 0 saturated heterocycles. The largest absolute Gasteiger partial charge is 0.487 e. The second kappa shape index (κ2) is 11.9. The van der Waals surface area contributed by atoms with Crippen molar-refractivity contribution in [2.24, 2.45) is 4.99 Å². The number of hydrogen-bond acceptors (Lipinski definition) is 4. The summed E-state index contributed by atoms with van der Waals surface area (Å²) in [7, 11) is 0. The first-order chi connectivity index (χ1) is 12.8. The molecular formula is C20H28N4O2. The molecule has 0 bridgehead atoms. The number of aliphatic imine (C=N–C) groups is 1. The average molecular weight is 356 g/mol. The van der Waals surface area contributed by atoms with Crippen molar-refractivity contribution in [3.05, 3.63) is 59.9 Å². The zero-order valence-corrected chi connectivity index (χ0v) is 15.6. The molecule has 2 rings (SSSR count). The third-order valence-corrected chi connectivity index (χ3v) is 3.52. The first kappa shape index (κ1) is 19.7. The van der Waals surface area contributed by atoms with Gasteiger partial charge in [-0.15, -0.1) is 0 Å². The summed E-state index contributed by atoms with van der Waals surface area (Å²) >= 11 is 0. The topological polar surface area (TPSA) is 67.8 Å². The van der Waals surface area contributed by atoms with Crippen LogP contribution in [0.15, 0.2) is 53.7 Å². The Balaban J connectivity index is 1.88. The van der Waals surface area contributed by atoms with Crippen LogP contribution in [0.2, 0.25) is 0 Å². The van der Waals surface area contributed by atoms with Gasteiger partial charge in [-0.1, -0.05) is 18.2 Å². The summed E-state index contributed by atoms with van der Waals surface area (Å²) in [6, 6.07) is 13.8. The smallest absolute Gasteiger partial charge is 0.191 e. The molecule has 26 heavy (non-hydrogen) atoms. The van der Waals surface area contributed by atoms with Gasteiger partial charge in [-0.3, -0.25) is 4.98 Å². The van der Waals surface area contributed by atoms with E-state index in [0.29, 0.717) is 19.8 Å². The molecule has 2 aromatic rings. The van der Waals surface area contributed by atoms with Crippen LogP contribution in [-0.2, 0) is 17.9 Å². The van der Waals surface area contributed by atoms with Gasteiger partial charge in [0.25, 0.3) is 0 Å². The van der Waals surface area contributed by atoms with E-state index in [9.17, 15) is 0 Å². The lowest BCUT2D eigenvalue weighted by Crippen LogP contribution is -2.39. The van der Waals surface area contributed by atoms with Gasteiger partial charge in [0.2, 0.25) is 0 Å². The highest BCUT2D eigenvalue weighted by molar-refractivity contribution is 5.79. The van der Waals surface area contributed by atoms with Crippen molar-refractivity contribution in [2.45, 2.75) is 27.0 Å². The standard InChI is InChI=1S/C20H28N4O2/c1-3-21-20(23-12-13-25-4-2)24-15-17-8-7-10-19(14-17)26-16-18-9-5-6-11-22-18/h5-11,14H,3-4,12-13,15-16H2,1-2H3,(H2,21,23,24). The Morgan fingerprint density at radius 2 is 2.04 bits per heavy atom. The average Bonchev–Trinajstić information content (AvgIpc) is 2.69. The number of hydrogen-bond donors (Lipinski definition) is 2. The van der Waals surface area contributed by atoms with Gasteiger partial charge in [-0.05, 0) is 43.7 Å². The maximum atomic E-state index is 5.82. The number of aromatic nitrogens is 1. The number of ether oxygens (including phenoxy) is 2. The van der Waals surface area contributed by atoms with Crippen LogP contribution in [-0.4, -0.2) is 37.2 Å². The summed E-state index contributed by atoms with van der Waals surface area (Å²) in [5.41, 5.74) is 1.99. The van der Waals surface area contributed by atoms with Crippen molar-refractivity contribution in [3.63, 3.8) is 0 Å². The van der Waals surface area contributed by atoms with Crippen LogP contribution in [0.3, 0.4) is 0 Å². The maximum Gasteiger partial charge on any atom is 0.191 e. The van der Waals surface area contributed by atoms with E-state index in [1.54, 1.807) is 6.20 Å². The molecule has 0 atom stereocenters. The minimum Gasteiger partial charge on any atom is -0.487 e. The minimum atomic E-state index is 0.454. The molecular weight excluding hydrogens is 328 g/mol. The molecule has 140 valence electrons. The van der Waals surface area contributed by atoms with E-state index in [-0.39, 0.29) is 0 Å². The summed E-state index contributed by atoms with van der Waals surface area (Å²) in [6.07, 6.45) is 1.77. The van der Waals surface area contributed by atoms with Crippen LogP contribution in [0, 0.1) is 0 Å². The molecule has 6 heteroatoms. The summed E-state index contributed by atoms with van der Waals surface area (Å²) in [6.45, 7) is 7.99. The lowest BCUT2D eigenvalue weighted by molar-refractivity contribution is 0.152. The molecule has 0 unspecified atom stereocenters. The SMILES string of the molecule is CCNC(=NCc1cccc(OCc2ccccn2)c1)NCCOCC. The van der Waals surface area contributed by atoms with Gasteiger partial charge in [0.15, 0.2) is 5.96 Å². The van der Waals surface area contributed by atoms with Gasteiger partial charge in [0.1, 0.15) is 12.4 Å². The molecule has 6 nitrogen and oxygen atoms in total. The van der Waals surface area contributed by atoms with Gasteiger partial charge >= 0.3 is 0 Å². The van der Waals surface area contributed by atoms with Crippen molar-refractivity contribution in [3.8, 4) is 5.75 Å². The van der Waals surface area contributed by atoms with E-state index in [1.165, 1.54) is 0 Å². The van der Waals surface area contributed by atoms with E-state index in [4.69, 9.17) is 9.47 Å². The van der Waals surface area contributed by atoms with E-state index < -0.39 is 0 Å². The number of guanidine groups is 1. The fourth-order valence-corrected chi connectivity index (χ4v) is 2.27. The van der Waals surface area contributed by atoms with Gasteiger partial charge < -0.3 is 20.1 Å². The first-order valence-corrected chi connectivity index (χ1v) is 9.03. The van der Waals surface area contributed by atoms with Crippen LogP contribution in [0.1, 0.15) is 25.1 Å². The Morgan fingerprint density at radius 1 is 1.12 bits per heavy atom. The molecule has 1 aromatic heterocycles. The van der Waals surface area contributed by atoms with E-state index >= 15 is 0 Å². The lowest BCUT2D eigenvalue weighted by Gasteiger charge is -2.11. The number of benzene rings is 1. The number of pyridine rings is 1. The van der Waals surface area contributed by atoms with E-state index in [1.807, 2.05) is 56.3 Å². The molecule has 0 fully saturated rings. The number of rotatable bonds is 10. The Hall–Kier alpha value is -2.60. The van der Waals surface area contributed by atoms with Gasteiger partial charge in [-0.2, -0.15) is 0 Å². The fourth-order valence-electron chi connectivity index (χ4n) is 2.27. The van der Waals surface area contributed by atoms with Crippen molar-refractivity contribution < 1.29 is 9.47 Å². The van der Waals surface area contributed by atoms with Gasteiger partial charge in [-0.25, -0.2) is 4.99 Å². The molecule has 0 aliphatic heterocycles. The molecule has 2 N–H and O–H groups in total. The quantitative estimate of drug-likeness (QED) is 0.389. The molecule has 1 aromatic carbocycles. The molecule has 1 heterocycles.